The second-order valence-corrected chi connectivity index (χ2v) is 4.82. The van der Waals surface area contributed by atoms with Crippen molar-refractivity contribution in [1.82, 2.24) is 0 Å². The first-order valence-corrected chi connectivity index (χ1v) is 6.54. The Morgan fingerprint density at radius 3 is 2.43 bits per heavy atom. The van der Waals surface area contributed by atoms with Gasteiger partial charge in [0.15, 0.2) is 0 Å². The van der Waals surface area contributed by atoms with E-state index in [1.54, 1.807) is 36.4 Å². The molecule has 2 aromatic rings. The smallest absolute Gasteiger partial charge is 0.315 e. The Balaban J connectivity index is 2.22. The summed E-state index contributed by atoms with van der Waals surface area (Å²) >= 11 is 0. The second kappa shape index (κ2) is 6.13. The highest BCUT2D eigenvalue weighted by atomic mass is 16.6. The lowest BCUT2D eigenvalue weighted by molar-refractivity contribution is -0.383. The summed E-state index contributed by atoms with van der Waals surface area (Å²) in [4.78, 5) is 10.6. The molecule has 6 nitrogen and oxygen atoms in total. The highest BCUT2D eigenvalue weighted by Crippen LogP contribution is 2.33. The van der Waals surface area contributed by atoms with Gasteiger partial charge in [-0.25, -0.2) is 0 Å². The number of nitrogens with two attached hydrogens (primary N) is 1. The van der Waals surface area contributed by atoms with E-state index in [1.165, 1.54) is 6.07 Å². The van der Waals surface area contributed by atoms with Crippen LogP contribution in [0, 0.1) is 10.1 Å². The number of benzene rings is 2. The summed E-state index contributed by atoms with van der Waals surface area (Å²) in [5.74, 6) is 0.748. The van der Waals surface area contributed by atoms with Gasteiger partial charge in [0.1, 0.15) is 17.1 Å². The largest absolute Gasteiger partial charge is 0.491 e. The average Bonchev–Trinajstić information content (AvgIpc) is 2.40. The van der Waals surface area contributed by atoms with Gasteiger partial charge in [0, 0.05) is 5.69 Å². The first-order valence-electron chi connectivity index (χ1n) is 6.54. The Morgan fingerprint density at radius 2 is 1.86 bits per heavy atom. The minimum Gasteiger partial charge on any atom is -0.491 e. The van der Waals surface area contributed by atoms with Crippen molar-refractivity contribution in [2.45, 2.75) is 20.0 Å². The lowest BCUT2D eigenvalue weighted by Gasteiger charge is -2.11. The van der Waals surface area contributed by atoms with Crippen LogP contribution in [-0.2, 0) is 0 Å². The molecular formula is C15H17N3O3. The molecule has 0 aliphatic carbocycles. The van der Waals surface area contributed by atoms with E-state index >= 15 is 0 Å². The predicted octanol–water partition coefficient (Wildman–Crippen LogP) is 3.71. The average molecular weight is 287 g/mol. The van der Waals surface area contributed by atoms with Gasteiger partial charge in [-0.2, -0.15) is 0 Å². The number of nitro groups is 1. The lowest BCUT2D eigenvalue weighted by atomic mass is 10.2. The summed E-state index contributed by atoms with van der Waals surface area (Å²) in [6, 6.07) is 12.0. The number of nitrogens with zero attached hydrogens (tertiary/aromatic N) is 1. The van der Waals surface area contributed by atoms with Crippen LogP contribution in [-0.4, -0.2) is 11.0 Å². The van der Waals surface area contributed by atoms with Crippen molar-refractivity contribution in [3.63, 3.8) is 0 Å². The van der Waals surface area contributed by atoms with Gasteiger partial charge in [-0.3, -0.25) is 10.1 Å². The van der Waals surface area contributed by atoms with Crippen LogP contribution in [0.3, 0.4) is 0 Å². The molecule has 0 aromatic heterocycles. The van der Waals surface area contributed by atoms with Crippen molar-refractivity contribution < 1.29 is 9.66 Å². The molecule has 6 heteroatoms. The van der Waals surface area contributed by atoms with Crippen molar-refractivity contribution in [2.75, 3.05) is 11.1 Å². The van der Waals surface area contributed by atoms with Crippen LogP contribution in [0.5, 0.6) is 5.75 Å². The summed E-state index contributed by atoms with van der Waals surface area (Å²) in [6.45, 7) is 3.89. The summed E-state index contributed by atoms with van der Waals surface area (Å²) in [5, 5.41) is 14.1. The number of nitrogen functional groups attached to an aromatic ring is 1. The quantitative estimate of drug-likeness (QED) is 0.497. The summed E-state index contributed by atoms with van der Waals surface area (Å²) in [7, 11) is 0. The normalized spacial score (nSPS) is 10.4. The molecule has 0 saturated heterocycles. The maximum Gasteiger partial charge on any atom is 0.315 e. The van der Waals surface area contributed by atoms with Crippen LogP contribution >= 0.6 is 0 Å². The number of para-hydroxylation sites is 1. The third kappa shape index (κ3) is 3.62. The van der Waals surface area contributed by atoms with Gasteiger partial charge in [0.05, 0.1) is 11.0 Å². The Kier molecular flexibility index (Phi) is 4.27. The SMILES string of the molecule is CC(C)Oc1ccc(Nc2cccc(N)c2[N+](=O)[O-])cc1. The van der Waals surface area contributed by atoms with Gasteiger partial charge in [-0.05, 0) is 50.2 Å². The molecular weight excluding hydrogens is 270 g/mol. The number of nitro benzene ring substituents is 1. The van der Waals surface area contributed by atoms with Crippen LogP contribution in [0.15, 0.2) is 42.5 Å². The molecule has 0 saturated carbocycles. The molecule has 110 valence electrons. The summed E-state index contributed by atoms with van der Waals surface area (Å²) < 4.78 is 5.54. The van der Waals surface area contributed by atoms with E-state index in [4.69, 9.17) is 10.5 Å². The molecule has 0 fully saturated rings. The standard InChI is InChI=1S/C15H17N3O3/c1-10(2)21-12-8-6-11(7-9-12)17-14-5-3-4-13(16)15(14)18(19)20/h3-10,17H,16H2,1-2H3. The fourth-order valence-corrected chi connectivity index (χ4v) is 1.91. The van der Waals surface area contributed by atoms with Crippen molar-refractivity contribution in [1.29, 1.82) is 0 Å². The van der Waals surface area contributed by atoms with Crippen molar-refractivity contribution >= 4 is 22.7 Å². The third-order valence-corrected chi connectivity index (χ3v) is 2.75. The van der Waals surface area contributed by atoms with Gasteiger partial charge in [0.2, 0.25) is 0 Å². The Labute approximate surface area is 122 Å². The maximum absolute atomic E-state index is 11.1. The zero-order valence-corrected chi connectivity index (χ0v) is 11.9. The van der Waals surface area contributed by atoms with E-state index in [9.17, 15) is 10.1 Å². The summed E-state index contributed by atoms with van der Waals surface area (Å²) in [5.41, 5.74) is 6.74. The zero-order valence-electron chi connectivity index (χ0n) is 11.9. The van der Waals surface area contributed by atoms with E-state index in [1.807, 2.05) is 13.8 Å². The highest BCUT2D eigenvalue weighted by Gasteiger charge is 2.17. The molecule has 21 heavy (non-hydrogen) atoms. The third-order valence-electron chi connectivity index (χ3n) is 2.75. The van der Waals surface area contributed by atoms with Crippen LogP contribution in [0.25, 0.3) is 0 Å². The number of ether oxygens (including phenoxy) is 1. The van der Waals surface area contributed by atoms with E-state index in [0.29, 0.717) is 5.69 Å². The number of anilines is 3. The van der Waals surface area contributed by atoms with Crippen LogP contribution in [0.1, 0.15) is 13.8 Å². The predicted molar refractivity (Wildman–Crippen MR) is 83.0 cm³/mol. The van der Waals surface area contributed by atoms with Crippen LogP contribution in [0.2, 0.25) is 0 Å². The monoisotopic (exact) mass is 287 g/mol. The minimum absolute atomic E-state index is 0.0961. The first kappa shape index (κ1) is 14.6. The Hall–Kier alpha value is -2.76. The second-order valence-electron chi connectivity index (χ2n) is 4.82. The van der Waals surface area contributed by atoms with E-state index in [-0.39, 0.29) is 17.5 Å². The molecule has 0 aliphatic rings. The van der Waals surface area contributed by atoms with Gasteiger partial charge in [0.25, 0.3) is 0 Å². The number of rotatable bonds is 5. The minimum atomic E-state index is -0.492. The molecule has 0 amide bonds. The fraction of sp³-hybridized carbons (Fsp3) is 0.200. The molecule has 0 radical (unpaired) electrons. The molecule has 0 aliphatic heterocycles. The van der Waals surface area contributed by atoms with Crippen molar-refractivity contribution in [3.05, 3.63) is 52.6 Å². The van der Waals surface area contributed by atoms with Gasteiger partial charge in [-0.1, -0.05) is 6.07 Å². The van der Waals surface area contributed by atoms with Gasteiger partial charge in [-0.15, -0.1) is 0 Å². The number of hydrogen-bond acceptors (Lipinski definition) is 5. The lowest BCUT2D eigenvalue weighted by Crippen LogP contribution is -2.05. The van der Waals surface area contributed by atoms with Gasteiger partial charge < -0.3 is 15.8 Å². The molecule has 0 spiro atoms. The Bertz CT molecular complexity index is 639. The van der Waals surface area contributed by atoms with Gasteiger partial charge >= 0.3 is 5.69 Å². The van der Waals surface area contributed by atoms with Crippen LogP contribution in [0.4, 0.5) is 22.7 Å². The number of nitrogens with one attached hydrogen (secondary N) is 1. The highest BCUT2D eigenvalue weighted by molar-refractivity contribution is 5.78. The Morgan fingerprint density at radius 1 is 1.19 bits per heavy atom. The topological polar surface area (TPSA) is 90.4 Å². The molecule has 3 N–H and O–H groups in total. The maximum atomic E-state index is 11.1. The first-order chi connectivity index (χ1) is 9.97. The van der Waals surface area contributed by atoms with Crippen molar-refractivity contribution in [3.8, 4) is 5.75 Å². The van der Waals surface area contributed by atoms with E-state index < -0.39 is 4.92 Å². The molecule has 0 unspecified atom stereocenters. The zero-order chi connectivity index (χ0) is 15.4. The summed E-state index contributed by atoms with van der Waals surface area (Å²) in [6.07, 6.45) is 0.0961. The van der Waals surface area contributed by atoms with E-state index in [2.05, 4.69) is 5.32 Å². The van der Waals surface area contributed by atoms with E-state index in [0.717, 1.165) is 11.4 Å². The van der Waals surface area contributed by atoms with Crippen LogP contribution < -0.4 is 15.8 Å². The molecule has 0 heterocycles. The molecule has 0 bridgehead atoms. The van der Waals surface area contributed by atoms with Crippen molar-refractivity contribution in [2.24, 2.45) is 0 Å². The molecule has 0 atom stereocenters. The molecule has 2 rings (SSSR count). The number of hydrogen-bond donors (Lipinski definition) is 2. The molecule has 2 aromatic carbocycles. The fourth-order valence-electron chi connectivity index (χ4n) is 1.91.